The van der Waals surface area contributed by atoms with Gasteiger partial charge in [-0.15, -0.1) is 6.58 Å². The highest BCUT2D eigenvalue weighted by Gasteiger charge is 2.19. The summed E-state index contributed by atoms with van der Waals surface area (Å²) in [6.45, 7) is 5.30. The molecule has 10 heavy (non-hydrogen) atoms. The molecule has 0 rings (SSSR count). The van der Waals surface area contributed by atoms with E-state index in [1.54, 1.807) is 6.08 Å². The molecule has 0 spiro atoms. The molecule has 0 amide bonds. The molecule has 0 aliphatic rings. The van der Waals surface area contributed by atoms with E-state index in [1.807, 2.05) is 0 Å². The standard InChI is InChI=1S/C7H13F2N/c1-3-5-10-6-4-7(2,8)9/h3,10H,1,4-6H2,2H3. The van der Waals surface area contributed by atoms with Crippen molar-refractivity contribution in [3.05, 3.63) is 12.7 Å². The van der Waals surface area contributed by atoms with E-state index >= 15 is 0 Å². The second-order valence-electron chi connectivity index (χ2n) is 2.31. The van der Waals surface area contributed by atoms with E-state index < -0.39 is 5.92 Å². The maximum Gasteiger partial charge on any atom is 0.246 e. The molecule has 0 aromatic carbocycles. The van der Waals surface area contributed by atoms with Crippen LogP contribution in [0.5, 0.6) is 0 Å². The second kappa shape index (κ2) is 4.39. The molecule has 0 unspecified atom stereocenters. The minimum atomic E-state index is -2.55. The summed E-state index contributed by atoms with van der Waals surface area (Å²) in [6.07, 6.45) is 1.54. The lowest BCUT2D eigenvalue weighted by Crippen LogP contribution is -2.22. The van der Waals surface area contributed by atoms with Crippen LogP contribution in [0.1, 0.15) is 13.3 Å². The van der Waals surface area contributed by atoms with Crippen LogP contribution in [0, 0.1) is 0 Å². The maximum absolute atomic E-state index is 12.1. The summed E-state index contributed by atoms with van der Waals surface area (Å²) in [5, 5.41) is 2.79. The minimum Gasteiger partial charge on any atom is -0.313 e. The molecule has 0 saturated carbocycles. The number of hydrogen-bond donors (Lipinski definition) is 1. The van der Waals surface area contributed by atoms with E-state index in [-0.39, 0.29) is 6.42 Å². The highest BCUT2D eigenvalue weighted by molar-refractivity contribution is 4.70. The predicted octanol–water partition coefficient (Wildman–Crippen LogP) is 1.81. The molecule has 0 heterocycles. The Bertz CT molecular complexity index is 96.3. The highest BCUT2D eigenvalue weighted by Crippen LogP contribution is 2.14. The molecule has 1 nitrogen and oxygen atoms in total. The Balaban J connectivity index is 3.12. The van der Waals surface area contributed by atoms with Crippen molar-refractivity contribution in [2.75, 3.05) is 13.1 Å². The number of nitrogens with one attached hydrogen (secondary N) is 1. The fourth-order valence-corrected chi connectivity index (χ4v) is 0.512. The van der Waals surface area contributed by atoms with E-state index in [0.29, 0.717) is 13.1 Å². The Labute approximate surface area is 60.1 Å². The van der Waals surface area contributed by atoms with E-state index in [9.17, 15) is 8.78 Å². The van der Waals surface area contributed by atoms with Gasteiger partial charge < -0.3 is 5.32 Å². The zero-order valence-electron chi connectivity index (χ0n) is 6.16. The molecule has 0 aromatic heterocycles. The van der Waals surface area contributed by atoms with E-state index in [2.05, 4.69) is 11.9 Å². The zero-order valence-corrected chi connectivity index (χ0v) is 6.16. The monoisotopic (exact) mass is 149 g/mol. The molecule has 0 aliphatic heterocycles. The van der Waals surface area contributed by atoms with Crippen LogP contribution in [-0.4, -0.2) is 19.0 Å². The SMILES string of the molecule is C=CCNCCC(C)(F)F. The lowest BCUT2D eigenvalue weighted by atomic mass is 10.3. The first-order valence-corrected chi connectivity index (χ1v) is 3.26. The van der Waals surface area contributed by atoms with Crippen LogP contribution in [-0.2, 0) is 0 Å². The van der Waals surface area contributed by atoms with Gasteiger partial charge in [-0.25, -0.2) is 8.78 Å². The third-order valence-electron chi connectivity index (χ3n) is 1.03. The Kier molecular flexibility index (Phi) is 4.19. The van der Waals surface area contributed by atoms with Gasteiger partial charge in [-0.3, -0.25) is 0 Å². The molecule has 0 aliphatic carbocycles. The Morgan fingerprint density at radius 1 is 1.60 bits per heavy atom. The number of rotatable bonds is 5. The Morgan fingerprint density at radius 3 is 2.60 bits per heavy atom. The van der Waals surface area contributed by atoms with Crippen molar-refractivity contribution in [1.82, 2.24) is 5.32 Å². The molecular formula is C7H13F2N. The molecule has 0 fully saturated rings. The van der Waals surface area contributed by atoms with Crippen molar-refractivity contribution in [3.63, 3.8) is 0 Å². The van der Waals surface area contributed by atoms with Crippen LogP contribution in [0.3, 0.4) is 0 Å². The summed E-state index contributed by atoms with van der Waals surface area (Å²) < 4.78 is 24.2. The van der Waals surface area contributed by atoms with Crippen molar-refractivity contribution >= 4 is 0 Å². The molecule has 0 radical (unpaired) electrons. The van der Waals surface area contributed by atoms with Gasteiger partial charge in [0.15, 0.2) is 0 Å². The van der Waals surface area contributed by atoms with Gasteiger partial charge in [0, 0.05) is 19.5 Å². The first kappa shape index (κ1) is 9.56. The molecule has 0 bridgehead atoms. The Hall–Kier alpha value is -0.440. The van der Waals surface area contributed by atoms with Crippen LogP contribution < -0.4 is 5.32 Å². The first-order chi connectivity index (χ1) is 4.56. The van der Waals surface area contributed by atoms with Crippen molar-refractivity contribution in [1.29, 1.82) is 0 Å². The topological polar surface area (TPSA) is 12.0 Å². The highest BCUT2D eigenvalue weighted by atomic mass is 19.3. The van der Waals surface area contributed by atoms with Crippen molar-refractivity contribution in [3.8, 4) is 0 Å². The van der Waals surface area contributed by atoms with Crippen LogP contribution in [0.2, 0.25) is 0 Å². The number of alkyl halides is 2. The minimum absolute atomic E-state index is 0.110. The molecule has 60 valence electrons. The third-order valence-corrected chi connectivity index (χ3v) is 1.03. The van der Waals surface area contributed by atoms with Gasteiger partial charge in [0.05, 0.1) is 0 Å². The smallest absolute Gasteiger partial charge is 0.246 e. The lowest BCUT2D eigenvalue weighted by molar-refractivity contribution is 0.0137. The maximum atomic E-state index is 12.1. The van der Waals surface area contributed by atoms with Gasteiger partial charge in [0.2, 0.25) is 5.92 Å². The van der Waals surface area contributed by atoms with Crippen molar-refractivity contribution < 1.29 is 8.78 Å². The predicted molar refractivity (Wildman–Crippen MR) is 38.3 cm³/mol. The molecule has 1 N–H and O–H groups in total. The molecule has 0 saturated heterocycles. The van der Waals surface area contributed by atoms with Crippen molar-refractivity contribution in [2.45, 2.75) is 19.3 Å². The normalized spacial score (nSPS) is 11.5. The van der Waals surface area contributed by atoms with Crippen LogP contribution in [0.25, 0.3) is 0 Å². The summed E-state index contributed by atoms with van der Waals surface area (Å²) in [4.78, 5) is 0. The second-order valence-corrected chi connectivity index (χ2v) is 2.31. The fourth-order valence-electron chi connectivity index (χ4n) is 0.512. The van der Waals surface area contributed by atoms with E-state index in [1.165, 1.54) is 0 Å². The van der Waals surface area contributed by atoms with Gasteiger partial charge in [0.1, 0.15) is 0 Å². The lowest BCUT2D eigenvalue weighted by Gasteiger charge is -2.08. The zero-order chi connectivity index (χ0) is 8.04. The van der Waals surface area contributed by atoms with Gasteiger partial charge in [-0.2, -0.15) is 0 Å². The summed E-state index contributed by atoms with van der Waals surface area (Å²) >= 11 is 0. The average molecular weight is 149 g/mol. The fraction of sp³-hybridized carbons (Fsp3) is 0.714. The summed E-state index contributed by atoms with van der Waals surface area (Å²) in [5.41, 5.74) is 0. The van der Waals surface area contributed by atoms with Crippen molar-refractivity contribution in [2.24, 2.45) is 0 Å². The third kappa shape index (κ3) is 7.56. The summed E-state index contributed by atoms with van der Waals surface area (Å²) in [5.74, 6) is -2.55. The molecule has 0 aromatic rings. The number of halogens is 2. The molecule has 0 atom stereocenters. The summed E-state index contributed by atoms with van der Waals surface area (Å²) in [7, 11) is 0. The quantitative estimate of drug-likeness (QED) is 0.464. The van der Waals surface area contributed by atoms with E-state index in [4.69, 9.17) is 0 Å². The van der Waals surface area contributed by atoms with Gasteiger partial charge >= 0.3 is 0 Å². The average Bonchev–Trinajstić information content (AvgIpc) is 1.78. The van der Waals surface area contributed by atoms with Gasteiger partial charge in [-0.1, -0.05) is 6.08 Å². The molecule has 3 heteroatoms. The van der Waals surface area contributed by atoms with Crippen LogP contribution >= 0.6 is 0 Å². The summed E-state index contributed by atoms with van der Waals surface area (Å²) in [6, 6.07) is 0. The first-order valence-electron chi connectivity index (χ1n) is 3.26. The largest absolute Gasteiger partial charge is 0.313 e. The number of hydrogen-bond acceptors (Lipinski definition) is 1. The van der Waals surface area contributed by atoms with Gasteiger partial charge in [0.25, 0.3) is 0 Å². The molecular weight excluding hydrogens is 136 g/mol. The van der Waals surface area contributed by atoms with Crippen LogP contribution in [0.15, 0.2) is 12.7 Å². The van der Waals surface area contributed by atoms with Crippen LogP contribution in [0.4, 0.5) is 8.78 Å². The Morgan fingerprint density at radius 2 is 2.20 bits per heavy atom. The van der Waals surface area contributed by atoms with E-state index in [0.717, 1.165) is 6.92 Å². The van der Waals surface area contributed by atoms with Gasteiger partial charge in [-0.05, 0) is 6.92 Å².